The molecule has 4 amide bonds. The van der Waals surface area contributed by atoms with Crippen LogP contribution in [-0.2, 0) is 19.7 Å². The number of para-hydroxylation sites is 1. The van der Waals surface area contributed by atoms with Crippen LogP contribution in [0.15, 0.2) is 89.3 Å². The van der Waals surface area contributed by atoms with Gasteiger partial charge in [-0.25, -0.2) is 9.69 Å². The molecule has 3 aromatic carbocycles. The van der Waals surface area contributed by atoms with E-state index in [0.29, 0.717) is 11.3 Å². The Labute approximate surface area is 201 Å². The molecule has 1 saturated heterocycles. The highest BCUT2D eigenvalue weighted by atomic mass is 32.2. The lowest BCUT2D eigenvalue weighted by atomic mass is 10.1. The molecule has 0 aromatic heterocycles. The lowest BCUT2D eigenvalue weighted by Gasteiger charge is -2.26. The molecule has 0 bridgehead atoms. The molecule has 10 heteroatoms. The first-order valence-electron chi connectivity index (χ1n) is 10.5. The van der Waals surface area contributed by atoms with Gasteiger partial charge in [-0.3, -0.25) is 14.9 Å². The summed E-state index contributed by atoms with van der Waals surface area (Å²) in [6.07, 6.45) is 1.29. The highest BCUT2D eigenvalue weighted by Crippen LogP contribution is 2.32. The van der Waals surface area contributed by atoms with Crippen molar-refractivity contribution in [3.63, 3.8) is 0 Å². The molecule has 1 heterocycles. The van der Waals surface area contributed by atoms with E-state index < -0.39 is 28.0 Å². The van der Waals surface area contributed by atoms with Gasteiger partial charge in [-0.1, -0.05) is 42.5 Å². The van der Waals surface area contributed by atoms with Crippen molar-refractivity contribution in [1.82, 2.24) is 5.32 Å². The zero-order valence-electron chi connectivity index (χ0n) is 18.5. The summed E-state index contributed by atoms with van der Waals surface area (Å²) >= 11 is 0. The van der Waals surface area contributed by atoms with Crippen molar-refractivity contribution in [2.45, 2.75) is 11.8 Å². The van der Waals surface area contributed by atoms with Crippen molar-refractivity contribution in [1.29, 1.82) is 0 Å². The van der Waals surface area contributed by atoms with Gasteiger partial charge in [-0.15, -0.1) is 0 Å². The van der Waals surface area contributed by atoms with Crippen molar-refractivity contribution < 1.29 is 31.7 Å². The van der Waals surface area contributed by atoms with E-state index >= 15 is 0 Å². The third kappa shape index (κ3) is 5.07. The Hall–Kier alpha value is -4.44. The molecule has 9 nitrogen and oxygen atoms in total. The predicted octanol–water partition coefficient (Wildman–Crippen LogP) is 3.52. The average Bonchev–Trinajstić information content (AvgIpc) is 2.84. The third-order valence-electron chi connectivity index (χ3n) is 4.93. The number of nitrogens with zero attached hydrogens (tertiary/aromatic N) is 1. The highest BCUT2D eigenvalue weighted by Gasteiger charge is 2.36. The minimum atomic E-state index is -4.11. The summed E-state index contributed by atoms with van der Waals surface area (Å²) in [4.78, 5) is 38.6. The van der Waals surface area contributed by atoms with Crippen LogP contribution in [0, 0.1) is 0 Å². The molecule has 1 aliphatic heterocycles. The second-order valence-corrected chi connectivity index (χ2v) is 8.83. The smallest absolute Gasteiger partial charge is 0.339 e. The van der Waals surface area contributed by atoms with Crippen LogP contribution in [0.5, 0.6) is 11.5 Å². The number of hydrogen-bond acceptors (Lipinski definition) is 7. The van der Waals surface area contributed by atoms with Crippen LogP contribution in [0.4, 0.5) is 10.5 Å². The summed E-state index contributed by atoms with van der Waals surface area (Å²) in [7, 11) is -4.11. The number of urea groups is 1. The van der Waals surface area contributed by atoms with Crippen molar-refractivity contribution in [3.05, 3.63) is 90.0 Å². The van der Waals surface area contributed by atoms with Crippen molar-refractivity contribution >= 4 is 39.7 Å². The number of hydrogen-bond donors (Lipinski definition) is 1. The van der Waals surface area contributed by atoms with Gasteiger partial charge in [0.1, 0.15) is 10.5 Å². The van der Waals surface area contributed by atoms with Crippen LogP contribution in [0.25, 0.3) is 6.08 Å². The maximum absolute atomic E-state index is 13.0. The standard InChI is InChI=1S/C25H20N2O7S/c1-2-33-22-16-17(13-14-21(22)34-35(31,32)19-11-7-4-8-12-19)15-20-23(28)26-25(30)27(24(20)29)18-9-5-3-6-10-18/h3-16H,2H2,1H3,(H,26,28,30)/b20-15+. The molecule has 4 rings (SSSR count). The van der Waals surface area contributed by atoms with Crippen LogP contribution in [0.3, 0.4) is 0 Å². The molecule has 178 valence electrons. The summed E-state index contributed by atoms with van der Waals surface area (Å²) < 4.78 is 36.1. The second-order valence-electron chi connectivity index (χ2n) is 7.28. The first-order chi connectivity index (χ1) is 16.8. The van der Waals surface area contributed by atoms with Gasteiger partial charge in [0.2, 0.25) is 0 Å². The maximum Gasteiger partial charge on any atom is 0.339 e. The largest absolute Gasteiger partial charge is 0.490 e. The van der Waals surface area contributed by atoms with E-state index in [1.54, 1.807) is 55.5 Å². The zero-order valence-corrected chi connectivity index (χ0v) is 19.3. The number of carbonyl (C=O) groups excluding carboxylic acids is 3. The fourth-order valence-electron chi connectivity index (χ4n) is 3.34. The monoisotopic (exact) mass is 492 g/mol. The first kappa shape index (κ1) is 23.7. The van der Waals surface area contributed by atoms with Gasteiger partial charge in [0, 0.05) is 0 Å². The minimum absolute atomic E-state index is 0.0243. The molecule has 35 heavy (non-hydrogen) atoms. The fraction of sp³-hybridized carbons (Fsp3) is 0.0800. The molecule has 1 fully saturated rings. The number of barbiturate groups is 1. The number of imide groups is 2. The number of benzene rings is 3. The van der Waals surface area contributed by atoms with Crippen LogP contribution in [0.2, 0.25) is 0 Å². The second kappa shape index (κ2) is 9.82. The molecule has 1 aliphatic rings. The van der Waals surface area contributed by atoms with E-state index in [-0.39, 0.29) is 28.6 Å². The topological polar surface area (TPSA) is 119 Å². The number of carbonyl (C=O) groups is 3. The van der Waals surface area contributed by atoms with E-state index in [2.05, 4.69) is 5.32 Å². The predicted molar refractivity (Wildman–Crippen MR) is 127 cm³/mol. The van der Waals surface area contributed by atoms with Gasteiger partial charge >= 0.3 is 16.1 Å². The van der Waals surface area contributed by atoms with Crippen LogP contribution < -0.4 is 19.1 Å². The molecule has 1 N–H and O–H groups in total. The number of amides is 4. The van der Waals surface area contributed by atoms with Gasteiger partial charge < -0.3 is 8.92 Å². The Morgan fingerprint density at radius 3 is 2.20 bits per heavy atom. The van der Waals surface area contributed by atoms with Crippen molar-refractivity contribution in [2.75, 3.05) is 11.5 Å². The normalized spacial score (nSPS) is 15.2. The lowest BCUT2D eigenvalue weighted by molar-refractivity contribution is -0.122. The Morgan fingerprint density at radius 1 is 0.886 bits per heavy atom. The summed E-state index contributed by atoms with van der Waals surface area (Å²) in [6.45, 7) is 1.92. The Balaban J connectivity index is 1.67. The first-order valence-corrected chi connectivity index (χ1v) is 11.9. The summed E-state index contributed by atoms with van der Waals surface area (Å²) in [6, 6.07) is 19.2. The van der Waals surface area contributed by atoms with Gasteiger partial charge in [-0.2, -0.15) is 8.42 Å². The zero-order chi connectivity index (χ0) is 25.0. The minimum Gasteiger partial charge on any atom is -0.490 e. The van der Waals surface area contributed by atoms with E-state index in [0.717, 1.165) is 4.90 Å². The van der Waals surface area contributed by atoms with Gasteiger partial charge in [-0.05, 0) is 55.0 Å². The fourth-order valence-corrected chi connectivity index (χ4v) is 4.30. The van der Waals surface area contributed by atoms with Crippen LogP contribution in [-0.4, -0.2) is 32.9 Å². The quantitative estimate of drug-likeness (QED) is 0.304. The highest BCUT2D eigenvalue weighted by molar-refractivity contribution is 7.87. The van der Waals surface area contributed by atoms with Crippen molar-refractivity contribution in [3.8, 4) is 11.5 Å². The molecule has 0 atom stereocenters. The number of nitrogens with one attached hydrogen (secondary N) is 1. The summed E-state index contributed by atoms with van der Waals surface area (Å²) in [5.41, 5.74) is 0.388. The lowest BCUT2D eigenvalue weighted by Crippen LogP contribution is -2.54. The number of rotatable bonds is 7. The van der Waals surface area contributed by atoms with E-state index in [1.807, 2.05) is 0 Å². The van der Waals surface area contributed by atoms with E-state index in [4.69, 9.17) is 8.92 Å². The summed E-state index contributed by atoms with van der Waals surface area (Å²) in [5.74, 6) is -1.61. The third-order valence-corrected chi connectivity index (χ3v) is 6.17. The van der Waals surface area contributed by atoms with Gasteiger partial charge in [0.25, 0.3) is 11.8 Å². The van der Waals surface area contributed by atoms with Crippen LogP contribution in [0.1, 0.15) is 12.5 Å². The SMILES string of the molecule is CCOc1cc(/C=C2\C(=O)NC(=O)N(c3ccccc3)C2=O)ccc1OS(=O)(=O)c1ccccc1. The molecule has 0 radical (unpaired) electrons. The van der Waals surface area contributed by atoms with E-state index in [9.17, 15) is 22.8 Å². The van der Waals surface area contributed by atoms with Gasteiger partial charge in [0.05, 0.1) is 12.3 Å². The molecule has 0 aliphatic carbocycles. The molecular formula is C25H20N2O7S. The molecular weight excluding hydrogens is 472 g/mol. The van der Waals surface area contributed by atoms with Crippen LogP contribution >= 0.6 is 0 Å². The molecule has 0 unspecified atom stereocenters. The molecule has 3 aromatic rings. The van der Waals surface area contributed by atoms with Crippen molar-refractivity contribution in [2.24, 2.45) is 0 Å². The maximum atomic E-state index is 13.0. The average molecular weight is 493 g/mol. The number of anilines is 1. The van der Waals surface area contributed by atoms with Gasteiger partial charge in [0.15, 0.2) is 11.5 Å². The number of ether oxygens (including phenoxy) is 1. The summed E-state index contributed by atoms with van der Waals surface area (Å²) in [5, 5.41) is 2.15. The molecule has 0 spiro atoms. The Morgan fingerprint density at radius 2 is 1.54 bits per heavy atom. The van der Waals surface area contributed by atoms with E-state index in [1.165, 1.54) is 36.4 Å². The Bertz CT molecular complexity index is 1420. The Kier molecular flexibility index (Phi) is 6.65. The molecule has 0 saturated carbocycles.